The van der Waals surface area contributed by atoms with Crippen molar-refractivity contribution in [3.05, 3.63) is 30.0 Å². The largest absolute Gasteiger partial charge is 0.481 e. The molecule has 0 unspecified atom stereocenters. The maximum Gasteiger partial charge on any atom is 0.272 e. The molecule has 4 heteroatoms. The molecule has 0 radical (unpaired) electrons. The number of hydrogen-bond acceptors (Lipinski definition) is 2. The molecule has 0 aliphatic rings. The predicted molar refractivity (Wildman–Crippen MR) is 41.0 cm³/mol. The number of rotatable bonds is 2. The molecule has 0 atom stereocenters. The van der Waals surface area contributed by atoms with Crippen LogP contribution in [0, 0.1) is 0 Å². The summed E-state index contributed by atoms with van der Waals surface area (Å²) in [6.45, 7) is 0. The molecular weight excluding hydrogens is 164 g/mol. The fourth-order valence-electron chi connectivity index (χ4n) is 0.737. The SMILES string of the molecule is COc1cccc(C=C(F)F)n1. The Morgan fingerprint density at radius 1 is 1.50 bits per heavy atom. The van der Waals surface area contributed by atoms with Crippen molar-refractivity contribution in [1.29, 1.82) is 0 Å². The molecule has 0 saturated heterocycles. The first kappa shape index (κ1) is 8.64. The normalized spacial score (nSPS) is 9.25. The third kappa shape index (κ3) is 2.30. The first-order valence-corrected chi connectivity index (χ1v) is 3.26. The molecule has 64 valence electrons. The van der Waals surface area contributed by atoms with Crippen molar-refractivity contribution < 1.29 is 13.5 Å². The Hall–Kier alpha value is -1.45. The lowest BCUT2D eigenvalue weighted by Crippen LogP contribution is -1.88. The third-order valence-corrected chi connectivity index (χ3v) is 1.21. The highest BCUT2D eigenvalue weighted by Gasteiger charge is 1.95. The van der Waals surface area contributed by atoms with Gasteiger partial charge < -0.3 is 4.74 Å². The lowest BCUT2D eigenvalue weighted by Gasteiger charge is -1.97. The maximum absolute atomic E-state index is 11.7. The van der Waals surface area contributed by atoms with Crippen LogP contribution >= 0.6 is 0 Å². The van der Waals surface area contributed by atoms with Crippen LogP contribution in [0.25, 0.3) is 6.08 Å². The van der Waals surface area contributed by atoms with E-state index in [0.717, 1.165) is 0 Å². The lowest BCUT2D eigenvalue weighted by atomic mass is 10.3. The van der Waals surface area contributed by atoms with Gasteiger partial charge in [0.05, 0.1) is 12.8 Å². The van der Waals surface area contributed by atoms with Gasteiger partial charge in [-0.25, -0.2) is 4.98 Å². The fourth-order valence-corrected chi connectivity index (χ4v) is 0.737. The van der Waals surface area contributed by atoms with Crippen molar-refractivity contribution in [2.75, 3.05) is 7.11 Å². The van der Waals surface area contributed by atoms with E-state index in [9.17, 15) is 8.78 Å². The second-order valence-electron chi connectivity index (χ2n) is 2.04. The number of nitrogens with zero attached hydrogens (tertiary/aromatic N) is 1. The minimum Gasteiger partial charge on any atom is -0.481 e. The maximum atomic E-state index is 11.7. The standard InChI is InChI=1S/C8H7F2NO/c1-12-8-4-2-3-6(11-8)5-7(9)10/h2-5H,1H3. The van der Waals surface area contributed by atoms with E-state index < -0.39 is 6.08 Å². The quantitative estimate of drug-likeness (QED) is 0.681. The molecular formula is C8H7F2NO. The summed E-state index contributed by atoms with van der Waals surface area (Å²) < 4.78 is 28.2. The van der Waals surface area contributed by atoms with Crippen molar-refractivity contribution >= 4 is 6.08 Å². The zero-order valence-electron chi connectivity index (χ0n) is 6.42. The first-order chi connectivity index (χ1) is 5.72. The highest BCUT2D eigenvalue weighted by atomic mass is 19.3. The lowest BCUT2D eigenvalue weighted by molar-refractivity contribution is 0.397. The topological polar surface area (TPSA) is 22.1 Å². The van der Waals surface area contributed by atoms with Gasteiger partial charge in [0.2, 0.25) is 5.88 Å². The zero-order valence-corrected chi connectivity index (χ0v) is 6.42. The molecule has 2 nitrogen and oxygen atoms in total. The molecule has 0 N–H and O–H groups in total. The number of pyridine rings is 1. The van der Waals surface area contributed by atoms with Gasteiger partial charge in [0.1, 0.15) is 0 Å². The van der Waals surface area contributed by atoms with Crippen molar-refractivity contribution in [3.8, 4) is 5.88 Å². The van der Waals surface area contributed by atoms with Crippen LogP contribution in [0.2, 0.25) is 0 Å². The van der Waals surface area contributed by atoms with Crippen LogP contribution in [0.15, 0.2) is 24.3 Å². The number of hydrogen-bond donors (Lipinski definition) is 0. The summed E-state index contributed by atoms with van der Waals surface area (Å²) in [5.41, 5.74) is 0.189. The monoisotopic (exact) mass is 171 g/mol. The van der Waals surface area contributed by atoms with Gasteiger partial charge in [-0.2, -0.15) is 8.78 Å². The van der Waals surface area contributed by atoms with Crippen LogP contribution in [0.4, 0.5) is 8.78 Å². The molecule has 1 heterocycles. The molecule has 0 aliphatic heterocycles. The van der Waals surface area contributed by atoms with Crippen LogP contribution in [-0.4, -0.2) is 12.1 Å². The van der Waals surface area contributed by atoms with E-state index in [1.807, 2.05) is 0 Å². The summed E-state index contributed by atoms with van der Waals surface area (Å²) in [7, 11) is 1.43. The van der Waals surface area contributed by atoms with Crippen molar-refractivity contribution in [2.24, 2.45) is 0 Å². The molecule has 0 bridgehead atoms. The van der Waals surface area contributed by atoms with Gasteiger partial charge in [-0.05, 0) is 6.07 Å². The fraction of sp³-hybridized carbons (Fsp3) is 0.125. The third-order valence-electron chi connectivity index (χ3n) is 1.21. The predicted octanol–water partition coefficient (Wildman–Crippen LogP) is 2.33. The average molecular weight is 171 g/mol. The minimum atomic E-state index is -1.77. The van der Waals surface area contributed by atoms with Gasteiger partial charge in [0.15, 0.2) is 0 Å². The summed E-state index contributed by atoms with van der Waals surface area (Å²) in [4.78, 5) is 3.75. The number of methoxy groups -OCH3 is 1. The zero-order chi connectivity index (χ0) is 8.97. The number of aromatic nitrogens is 1. The molecule has 0 amide bonds. The molecule has 1 aromatic rings. The van der Waals surface area contributed by atoms with E-state index in [-0.39, 0.29) is 5.69 Å². The molecule has 0 aromatic carbocycles. The van der Waals surface area contributed by atoms with Gasteiger partial charge in [-0.15, -0.1) is 0 Å². The molecule has 12 heavy (non-hydrogen) atoms. The van der Waals surface area contributed by atoms with Crippen molar-refractivity contribution in [1.82, 2.24) is 4.98 Å². The number of ether oxygens (including phenoxy) is 1. The Morgan fingerprint density at radius 2 is 2.25 bits per heavy atom. The number of halogens is 2. The van der Waals surface area contributed by atoms with Crippen LogP contribution in [0.5, 0.6) is 5.88 Å². The summed E-state index contributed by atoms with van der Waals surface area (Å²) >= 11 is 0. The van der Waals surface area contributed by atoms with Gasteiger partial charge >= 0.3 is 0 Å². The Kier molecular flexibility index (Phi) is 2.74. The second kappa shape index (κ2) is 3.80. The van der Waals surface area contributed by atoms with Crippen molar-refractivity contribution in [2.45, 2.75) is 0 Å². The van der Waals surface area contributed by atoms with Crippen LogP contribution in [-0.2, 0) is 0 Å². The van der Waals surface area contributed by atoms with Gasteiger partial charge in [-0.3, -0.25) is 0 Å². The van der Waals surface area contributed by atoms with Gasteiger partial charge in [0.25, 0.3) is 6.08 Å². The molecule has 0 saturated carbocycles. The molecule has 1 rings (SSSR count). The average Bonchev–Trinajstić information content (AvgIpc) is 2.03. The minimum absolute atomic E-state index is 0.189. The molecule has 1 aromatic heterocycles. The second-order valence-corrected chi connectivity index (χ2v) is 2.04. The summed E-state index contributed by atoms with van der Waals surface area (Å²) in [5, 5.41) is 0. The van der Waals surface area contributed by atoms with E-state index in [0.29, 0.717) is 12.0 Å². The first-order valence-electron chi connectivity index (χ1n) is 3.26. The van der Waals surface area contributed by atoms with Crippen LogP contribution < -0.4 is 4.74 Å². The Labute approximate surface area is 68.5 Å². The van der Waals surface area contributed by atoms with E-state index in [1.54, 1.807) is 12.1 Å². The highest BCUT2D eigenvalue weighted by Crippen LogP contribution is 2.10. The van der Waals surface area contributed by atoms with Gasteiger partial charge in [-0.1, -0.05) is 6.07 Å². The van der Waals surface area contributed by atoms with Crippen LogP contribution in [0.1, 0.15) is 5.69 Å². The van der Waals surface area contributed by atoms with Crippen LogP contribution in [0.3, 0.4) is 0 Å². The van der Waals surface area contributed by atoms with E-state index >= 15 is 0 Å². The Bertz CT molecular complexity index is 295. The summed E-state index contributed by atoms with van der Waals surface area (Å²) in [6.07, 6.45) is -1.08. The molecule has 0 aliphatic carbocycles. The summed E-state index contributed by atoms with van der Waals surface area (Å²) in [6, 6.07) is 4.66. The summed E-state index contributed by atoms with van der Waals surface area (Å²) in [5.74, 6) is 0.324. The highest BCUT2D eigenvalue weighted by molar-refractivity contribution is 5.45. The smallest absolute Gasteiger partial charge is 0.272 e. The molecule has 0 fully saturated rings. The van der Waals surface area contributed by atoms with E-state index in [2.05, 4.69) is 4.98 Å². The molecule has 0 spiro atoms. The van der Waals surface area contributed by atoms with E-state index in [4.69, 9.17) is 4.74 Å². The van der Waals surface area contributed by atoms with Gasteiger partial charge in [0, 0.05) is 12.1 Å². The van der Waals surface area contributed by atoms with Crippen molar-refractivity contribution in [3.63, 3.8) is 0 Å². The Morgan fingerprint density at radius 3 is 2.83 bits per heavy atom. The Balaban J connectivity index is 2.94. The van der Waals surface area contributed by atoms with E-state index in [1.165, 1.54) is 13.2 Å².